The van der Waals surface area contributed by atoms with Crippen molar-refractivity contribution in [2.24, 2.45) is 0 Å². The highest BCUT2D eigenvalue weighted by atomic mass is 79.9. The van der Waals surface area contributed by atoms with E-state index in [0.29, 0.717) is 36.7 Å². The minimum absolute atomic E-state index is 0.306. The summed E-state index contributed by atoms with van der Waals surface area (Å²) in [6.45, 7) is 10.1. The normalized spacial score (nSPS) is 16.6. The van der Waals surface area contributed by atoms with Crippen LogP contribution in [0.4, 0.5) is 11.8 Å². The summed E-state index contributed by atoms with van der Waals surface area (Å²) >= 11 is 3.64. The summed E-state index contributed by atoms with van der Waals surface area (Å²) < 4.78 is 23.8. The molecular formula is C31H42BrN5O4. The van der Waals surface area contributed by atoms with Crippen molar-refractivity contribution in [3.63, 3.8) is 0 Å². The number of ether oxygens (including phenoxy) is 4. The van der Waals surface area contributed by atoms with Crippen molar-refractivity contribution in [1.82, 2.24) is 14.9 Å². The van der Waals surface area contributed by atoms with Gasteiger partial charge in [0.15, 0.2) is 11.5 Å². The fraction of sp³-hybridized carbons (Fsp3) is 0.548. The molecule has 0 bridgehead atoms. The summed E-state index contributed by atoms with van der Waals surface area (Å²) in [5, 5.41) is 4.67. The monoisotopic (exact) mass is 627 g/mol. The maximum absolute atomic E-state index is 5.86. The molecule has 222 valence electrons. The van der Waals surface area contributed by atoms with E-state index in [1.54, 1.807) is 14.2 Å². The number of likely N-dealkylation sites (tertiary alicyclic amines) is 1. The number of hydrogen-bond acceptors (Lipinski definition) is 9. The number of aromatic nitrogens is 2. The molecule has 41 heavy (non-hydrogen) atoms. The number of benzene rings is 2. The lowest BCUT2D eigenvalue weighted by Gasteiger charge is -2.33. The van der Waals surface area contributed by atoms with Gasteiger partial charge in [0.1, 0.15) is 21.8 Å². The molecule has 0 radical (unpaired) electrons. The fourth-order valence-electron chi connectivity index (χ4n) is 5.77. The van der Waals surface area contributed by atoms with Crippen LogP contribution in [0.15, 0.2) is 28.7 Å². The molecule has 2 fully saturated rings. The molecule has 2 aromatic carbocycles. The highest BCUT2D eigenvalue weighted by Gasteiger charge is 2.24. The lowest BCUT2D eigenvalue weighted by atomic mass is 10.0. The summed E-state index contributed by atoms with van der Waals surface area (Å²) in [6, 6.07) is 8.52. The Balaban J connectivity index is 1.30. The van der Waals surface area contributed by atoms with Gasteiger partial charge in [0, 0.05) is 50.2 Å². The van der Waals surface area contributed by atoms with Crippen LogP contribution in [-0.2, 0) is 6.54 Å². The summed E-state index contributed by atoms with van der Waals surface area (Å²) in [4.78, 5) is 14.9. The largest absolute Gasteiger partial charge is 0.493 e. The zero-order valence-corrected chi connectivity index (χ0v) is 26.3. The van der Waals surface area contributed by atoms with Gasteiger partial charge in [0.2, 0.25) is 5.95 Å². The summed E-state index contributed by atoms with van der Waals surface area (Å²) in [7, 11) is 3.33. The first kappa shape index (κ1) is 29.5. The number of halogens is 1. The van der Waals surface area contributed by atoms with E-state index in [1.807, 2.05) is 26.0 Å². The molecule has 2 aliphatic heterocycles. The zero-order valence-electron chi connectivity index (χ0n) is 24.7. The molecule has 1 N–H and O–H groups in total. The number of rotatable bonds is 11. The third-order valence-corrected chi connectivity index (χ3v) is 8.61. The first-order valence-electron chi connectivity index (χ1n) is 14.8. The highest BCUT2D eigenvalue weighted by molar-refractivity contribution is 9.10. The Morgan fingerprint density at radius 3 is 2.07 bits per heavy atom. The van der Waals surface area contributed by atoms with Crippen molar-refractivity contribution in [2.75, 3.05) is 63.8 Å². The number of nitrogens with zero attached hydrogens (tertiary/aromatic N) is 4. The van der Waals surface area contributed by atoms with Gasteiger partial charge in [-0.1, -0.05) is 0 Å². The van der Waals surface area contributed by atoms with E-state index >= 15 is 0 Å². The van der Waals surface area contributed by atoms with Crippen LogP contribution in [0.1, 0.15) is 51.5 Å². The fourth-order valence-corrected chi connectivity index (χ4v) is 6.22. The predicted molar refractivity (Wildman–Crippen MR) is 167 cm³/mol. The molecule has 5 rings (SSSR count). The Morgan fingerprint density at radius 2 is 1.46 bits per heavy atom. The van der Waals surface area contributed by atoms with Gasteiger partial charge in [-0.05, 0) is 85.6 Å². The molecule has 0 spiro atoms. The minimum Gasteiger partial charge on any atom is -0.493 e. The first-order chi connectivity index (χ1) is 20.0. The lowest BCUT2D eigenvalue weighted by molar-refractivity contribution is 0.210. The van der Waals surface area contributed by atoms with E-state index in [-0.39, 0.29) is 0 Å². The predicted octanol–water partition coefficient (Wildman–Crippen LogP) is 6.27. The molecule has 9 nitrogen and oxygen atoms in total. The summed E-state index contributed by atoms with van der Waals surface area (Å²) in [6.07, 6.45) is 5.65. The second-order valence-corrected chi connectivity index (χ2v) is 11.4. The van der Waals surface area contributed by atoms with Crippen LogP contribution in [0.2, 0.25) is 0 Å². The van der Waals surface area contributed by atoms with Crippen LogP contribution in [0, 0.1) is 0 Å². The van der Waals surface area contributed by atoms with Crippen LogP contribution < -0.4 is 29.2 Å². The van der Waals surface area contributed by atoms with Crippen LogP contribution in [0.25, 0.3) is 10.9 Å². The van der Waals surface area contributed by atoms with Gasteiger partial charge < -0.3 is 29.2 Å². The first-order valence-corrected chi connectivity index (χ1v) is 15.6. The number of piperidine rings is 2. The van der Waals surface area contributed by atoms with Gasteiger partial charge >= 0.3 is 0 Å². The zero-order chi connectivity index (χ0) is 28.8. The molecule has 2 aliphatic rings. The second-order valence-electron chi connectivity index (χ2n) is 10.6. The number of fused-ring (bicyclic) bond motifs is 1. The van der Waals surface area contributed by atoms with Gasteiger partial charge in [-0.3, -0.25) is 4.90 Å². The molecule has 3 aromatic rings. The molecule has 0 unspecified atom stereocenters. The van der Waals surface area contributed by atoms with Crippen molar-refractivity contribution < 1.29 is 18.9 Å². The van der Waals surface area contributed by atoms with E-state index < -0.39 is 0 Å². The number of nitrogens with one attached hydrogen (secondary N) is 1. The maximum Gasteiger partial charge on any atom is 0.225 e. The SMILES string of the molecule is CCOc1cc(CN2CCC(Nc3nc(N4CCCCC4)c4cc(OC)c(OC)cc4n3)CC2)cc(OCC)c1Br. The van der Waals surface area contributed by atoms with Crippen molar-refractivity contribution in [3.05, 3.63) is 34.3 Å². The number of methoxy groups -OCH3 is 2. The van der Waals surface area contributed by atoms with Gasteiger partial charge in [-0.2, -0.15) is 4.98 Å². The maximum atomic E-state index is 5.86. The Kier molecular flexibility index (Phi) is 9.92. The average Bonchev–Trinajstić information content (AvgIpc) is 3.00. The molecule has 2 saturated heterocycles. The van der Waals surface area contributed by atoms with E-state index in [0.717, 1.165) is 78.3 Å². The van der Waals surface area contributed by atoms with E-state index in [9.17, 15) is 0 Å². The second kappa shape index (κ2) is 13.8. The van der Waals surface area contributed by atoms with E-state index in [1.165, 1.54) is 24.8 Å². The summed E-state index contributed by atoms with van der Waals surface area (Å²) in [5.41, 5.74) is 2.06. The smallest absolute Gasteiger partial charge is 0.225 e. The average molecular weight is 629 g/mol. The Labute approximate surface area is 251 Å². The third-order valence-electron chi connectivity index (χ3n) is 7.83. The molecule has 0 aliphatic carbocycles. The van der Waals surface area contributed by atoms with Crippen molar-refractivity contribution in [3.8, 4) is 23.0 Å². The number of anilines is 2. The molecule has 0 atom stereocenters. The third kappa shape index (κ3) is 6.92. The van der Waals surface area contributed by atoms with Crippen molar-refractivity contribution in [2.45, 2.75) is 58.5 Å². The molecule has 0 saturated carbocycles. The van der Waals surface area contributed by atoms with Crippen LogP contribution >= 0.6 is 15.9 Å². The molecule has 0 amide bonds. The summed E-state index contributed by atoms with van der Waals surface area (Å²) in [5.74, 6) is 4.69. The molecular weight excluding hydrogens is 586 g/mol. The lowest BCUT2D eigenvalue weighted by Crippen LogP contribution is -2.39. The van der Waals surface area contributed by atoms with Gasteiger partial charge in [0.05, 0.1) is 33.0 Å². The quantitative estimate of drug-likeness (QED) is 0.264. The molecule has 3 heterocycles. The van der Waals surface area contributed by atoms with Crippen LogP contribution in [0.3, 0.4) is 0 Å². The Bertz CT molecular complexity index is 1300. The van der Waals surface area contributed by atoms with Crippen molar-refractivity contribution >= 4 is 38.6 Å². The van der Waals surface area contributed by atoms with Crippen LogP contribution in [-0.4, -0.2) is 74.5 Å². The van der Waals surface area contributed by atoms with E-state index in [4.69, 9.17) is 28.9 Å². The van der Waals surface area contributed by atoms with Gasteiger partial charge in [-0.25, -0.2) is 4.98 Å². The van der Waals surface area contributed by atoms with Gasteiger partial charge in [-0.15, -0.1) is 0 Å². The molecule has 10 heteroatoms. The van der Waals surface area contributed by atoms with Crippen molar-refractivity contribution in [1.29, 1.82) is 0 Å². The topological polar surface area (TPSA) is 81.2 Å². The van der Waals surface area contributed by atoms with Gasteiger partial charge in [0.25, 0.3) is 0 Å². The Morgan fingerprint density at radius 1 is 0.829 bits per heavy atom. The number of hydrogen-bond donors (Lipinski definition) is 1. The highest BCUT2D eigenvalue weighted by Crippen LogP contribution is 2.38. The molecule has 1 aromatic heterocycles. The van der Waals surface area contributed by atoms with Crippen LogP contribution in [0.5, 0.6) is 23.0 Å². The van der Waals surface area contributed by atoms with E-state index in [2.05, 4.69) is 43.2 Å². The standard InChI is InChI=1S/C31H42BrN5O4/c1-5-40-27-16-21(17-28(29(27)32)41-6-2)20-36-14-10-22(11-15-36)33-31-34-24-19-26(39-4)25(38-3)18-23(24)30(35-31)37-12-8-7-9-13-37/h16-19,22H,5-15,20H2,1-4H3,(H,33,34,35). The Hall–Kier alpha value is -2.98. The minimum atomic E-state index is 0.306.